The third kappa shape index (κ3) is 6.65. The smallest absolute Gasteiger partial charge is 0.234 e. The van der Waals surface area contributed by atoms with Crippen molar-refractivity contribution in [1.29, 1.82) is 0 Å². The summed E-state index contributed by atoms with van der Waals surface area (Å²) < 4.78 is 0. The number of nitrogens with zero attached hydrogens (tertiary/aromatic N) is 2. The van der Waals surface area contributed by atoms with Crippen molar-refractivity contribution in [2.75, 3.05) is 33.7 Å². The summed E-state index contributed by atoms with van der Waals surface area (Å²) in [6.07, 6.45) is 3.49. The third-order valence-electron chi connectivity index (χ3n) is 2.25. The van der Waals surface area contributed by atoms with Crippen molar-refractivity contribution < 1.29 is 4.79 Å². The zero-order valence-corrected chi connectivity index (χ0v) is 10.4. The number of pyridine rings is 1. The van der Waals surface area contributed by atoms with Gasteiger partial charge in [-0.2, -0.15) is 0 Å². The van der Waals surface area contributed by atoms with Crippen LogP contribution in [-0.2, 0) is 11.3 Å². The Morgan fingerprint density at radius 3 is 2.71 bits per heavy atom. The van der Waals surface area contributed by atoms with Gasteiger partial charge in [-0.15, -0.1) is 0 Å². The lowest BCUT2D eigenvalue weighted by Crippen LogP contribution is -2.37. The first-order valence-corrected chi connectivity index (χ1v) is 5.69. The van der Waals surface area contributed by atoms with Crippen molar-refractivity contribution in [1.82, 2.24) is 20.5 Å². The van der Waals surface area contributed by atoms with Crippen molar-refractivity contribution >= 4 is 5.91 Å². The van der Waals surface area contributed by atoms with Gasteiger partial charge in [0.2, 0.25) is 5.91 Å². The van der Waals surface area contributed by atoms with Crippen LogP contribution in [0.15, 0.2) is 24.5 Å². The van der Waals surface area contributed by atoms with Gasteiger partial charge in [0.05, 0.1) is 6.54 Å². The minimum Gasteiger partial charge on any atom is -0.354 e. The van der Waals surface area contributed by atoms with Crippen LogP contribution in [0.1, 0.15) is 5.56 Å². The molecule has 1 rings (SSSR count). The van der Waals surface area contributed by atoms with E-state index in [1.807, 2.05) is 31.1 Å². The van der Waals surface area contributed by atoms with E-state index in [2.05, 4.69) is 15.6 Å². The molecule has 5 heteroatoms. The van der Waals surface area contributed by atoms with Gasteiger partial charge in [-0.3, -0.25) is 9.78 Å². The van der Waals surface area contributed by atoms with Gasteiger partial charge in [0.25, 0.3) is 0 Å². The van der Waals surface area contributed by atoms with Crippen molar-refractivity contribution in [3.63, 3.8) is 0 Å². The first-order valence-electron chi connectivity index (χ1n) is 5.69. The Morgan fingerprint density at radius 2 is 2.06 bits per heavy atom. The van der Waals surface area contributed by atoms with Crippen LogP contribution in [-0.4, -0.2) is 49.5 Å². The first kappa shape index (κ1) is 13.6. The molecule has 0 aliphatic rings. The van der Waals surface area contributed by atoms with Crippen LogP contribution in [0.4, 0.5) is 0 Å². The number of nitrogens with one attached hydrogen (secondary N) is 2. The van der Waals surface area contributed by atoms with Crippen molar-refractivity contribution in [3.8, 4) is 0 Å². The second kappa shape index (κ2) is 7.76. The Balaban J connectivity index is 2.08. The number of hydrogen-bond donors (Lipinski definition) is 2. The molecule has 0 spiro atoms. The summed E-state index contributed by atoms with van der Waals surface area (Å²) in [6, 6.07) is 3.86. The summed E-state index contributed by atoms with van der Waals surface area (Å²) >= 11 is 0. The highest BCUT2D eigenvalue weighted by atomic mass is 16.1. The molecule has 0 radical (unpaired) electrons. The van der Waals surface area contributed by atoms with E-state index in [1.165, 1.54) is 0 Å². The lowest BCUT2D eigenvalue weighted by Gasteiger charge is -2.10. The highest BCUT2D eigenvalue weighted by molar-refractivity contribution is 5.77. The molecule has 0 fully saturated rings. The Hall–Kier alpha value is -1.46. The van der Waals surface area contributed by atoms with Gasteiger partial charge in [-0.05, 0) is 31.8 Å². The molecule has 1 amide bonds. The van der Waals surface area contributed by atoms with Gasteiger partial charge >= 0.3 is 0 Å². The zero-order chi connectivity index (χ0) is 12.5. The van der Waals surface area contributed by atoms with Crippen LogP contribution >= 0.6 is 0 Å². The number of hydrogen-bond acceptors (Lipinski definition) is 4. The van der Waals surface area contributed by atoms with E-state index in [9.17, 15) is 4.79 Å². The normalized spacial score (nSPS) is 10.5. The highest BCUT2D eigenvalue weighted by Crippen LogP contribution is 1.93. The fourth-order valence-corrected chi connectivity index (χ4v) is 1.30. The number of carbonyl (C=O) groups is 1. The topological polar surface area (TPSA) is 57.3 Å². The van der Waals surface area contributed by atoms with E-state index >= 15 is 0 Å². The molecule has 0 saturated carbocycles. The number of carbonyl (C=O) groups excluding carboxylic acids is 1. The van der Waals surface area contributed by atoms with E-state index < -0.39 is 0 Å². The summed E-state index contributed by atoms with van der Waals surface area (Å²) in [6.45, 7) is 2.57. The Bertz CT molecular complexity index is 327. The second-order valence-corrected chi connectivity index (χ2v) is 4.11. The monoisotopic (exact) mass is 236 g/mol. The SMILES string of the molecule is CN(C)CCNC(=O)CNCc1ccncc1. The number of rotatable bonds is 7. The zero-order valence-electron chi connectivity index (χ0n) is 10.4. The molecular weight excluding hydrogens is 216 g/mol. The van der Waals surface area contributed by atoms with Gasteiger partial charge in [0, 0.05) is 32.0 Å². The second-order valence-electron chi connectivity index (χ2n) is 4.11. The maximum Gasteiger partial charge on any atom is 0.234 e. The predicted molar refractivity (Wildman–Crippen MR) is 67.5 cm³/mol. The number of aromatic nitrogens is 1. The van der Waals surface area contributed by atoms with Gasteiger partial charge < -0.3 is 15.5 Å². The molecule has 1 aromatic rings. The molecule has 1 aromatic heterocycles. The average Bonchev–Trinajstić information content (AvgIpc) is 2.30. The van der Waals surface area contributed by atoms with Crippen LogP contribution in [0.3, 0.4) is 0 Å². The Kier molecular flexibility index (Phi) is 6.21. The van der Waals surface area contributed by atoms with E-state index in [4.69, 9.17) is 0 Å². The summed E-state index contributed by atoms with van der Waals surface area (Å²) in [5, 5.41) is 5.93. The fourth-order valence-electron chi connectivity index (χ4n) is 1.30. The minimum atomic E-state index is 0.0286. The fraction of sp³-hybridized carbons (Fsp3) is 0.500. The van der Waals surface area contributed by atoms with Gasteiger partial charge in [-0.25, -0.2) is 0 Å². The first-order chi connectivity index (χ1) is 8.18. The van der Waals surface area contributed by atoms with E-state index in [1.54, 1.807) is 12.4 Å². The predicted octanol–water partition coefficient (Wildman–Crippen LogP) is -0.151. The van der Waals surface area contributed by atoms with Crippen molar-refractivity contribution in [2.24, 2.45) is 0 Å². The van der Waals surface area contributed by atoms with Crippen LogP contribution in [0.25, 0.3) is 0 Å². The largest absolute Gasteiger partial charge is 0.354 e. The molecule has 5 nitrogen and oxygen atoms in total. The van der Waals surface area contributed by atoms with Crippen LogP contribution in [0, 0.1) is 0 Å². The number of likely N-dealkylation sites (N-methyl/N-ethyl adjacent to an activating group) is 1. The molecule has 0 unspecified atom stereocenters. The molecule has 1 heterocycles. The third-order valence-corrected chi connectivity index (χ3v) is 2.25. The van der Waals surface area contributed by atoms with E-state index in [0.29, 0.717) is 19.6 Å². The maximum atomic E-state index is 11.4. The minimum absolute atomic E-state index is 0.0286. The molecular formula is C12H20N4O. The molecule has 0 saturated heterocycles. The summed E-state index contributed by atoms with van der Waals surface area (Å²) in [7, 11) is 3.96. The van der Waals surface area contributed by atoms with E-state index in [0.717, 1.165) is 12.1 Å². The molecule has 94 valence electrons. The van der Waals surface area contributed by atoms with Gasteiger partial charge in [-0.1, -0.05) is 0 Å². The molecule has 0 atom stereocenters. The maximum absolute atomic E-state index is 11.4. The highest BCUT2D eigenvalue weighted by Gasteiger charge is 2.00. The molecule has 2 N–H and O–H groups in total. The quantitative estimate of drug-likeness (QED) is 0.691. The van der Waals surface area contributed by atoms with E-state index in [-0.39, 0.29) is 5.91 Å². The lowest BCUT2D eigenvalue weighted by molar-refractivity contribution is -0.120. The average molecular weight is 236 g/mol. The molecule has 0 aliphatic heterocycles. The molecule has 0 aliphatic carbocycles. The van der Waals surface area contributed by atoms with Crippen LogP contribution in [0.5, 0.6) is 0 Å². The summed E-state index contributed by atoms with van der Waals surface area (Å²) in [5.41, 5.74) is 1.13. The van der Waals surface area contributed by atoms with Crippen LogP contribution < -0.4 is 10.6 Å². The summed E-state index contributed by atoms with van der Waals surface area (Å²) in [5.74, 6) is 0.0286. The standard InChI is InChI=1S/C12H20N4O/c1-16(2)8-7-15-12(17)10-14-9-11-3-5-13-6-4-11/h3-6,14H,7-10H2,1-2H3,(H,15,17). The van der Waals surface area contributed by atoms with Crippen molar-refractivity contribution in [3.05, 3.63) is 30.1 Å². The molecule has 0 bridgehead atoms. The number of amides is 1. The van der Waals surface area contributed by atoms with Gasteiger partial charge in [0.1, 0.15) is 0 Å². The molecule has 17 heavy (non-hydrogen) atoms. The lowest BCUT2D eigenvalue weighted by atomic mass is 10.3. The van der Waals surface area contributed by atoms with Gasteiger partial charge in [0.15, 0.2) is 0 Å². The Labute approximate surface area is 102 Å². The summed E-state index contributed by atoms with van der Waals surface area (Å²) in [4.78, 5) is 17.4. The molecule has 0 aromatic carbocycles. The Morgan fingerprint density at radius 1 is 1.35 bits per heavy atom. The van der Waals surface area contributed by atoms with Crippen molar-refractivity contribution in [2.45, 2.75) is 6.54 Å². The van der Waals surface area contributed by atoms with Crippen LogP contribution in [0.2, 0.25) is 0 Å².